The van der Waals surface area contributed by atoms with Crippen LogP contribution < -0.4 is 10.1 Å². The van der Waals surface area contributed by atoms with Crippen molar-refractivity contribution in [1.82, 2.24) is 4.90 Å². The van der Waals surface area contributed by atoms with Gasteiger partial charge in [0.15, 0.2) is 6.10 Å². The highest BCUT2D eigenvalue weighted by molar-refractivity contribution is 5.98. The van der Waals surface area contributed by atoms with Crippen LogP contribution in [0.15, 0.2) is 48.5 Å². The lowest BCUT2D eigenvalue weighted by Crippen LogP contribution is -2.30. The zero-order valence-corrected chi connectivity index (χ0v) is 17.7. The third-order valence-electron chi connectivity index (χ3n) is 5.14. The maximum absolute atomic E-state index is 12.5. The normalized spacial score (nSPS) is 15.3. The number of piperidine rings is 1. The summed E-state index contributed by atoms with van der Waals surface area (Å²) in [6.45, 7) is 7.08. The Labute approximate surface area is 178 Å². The number of nitrogens with one attached hydrogen (secondary N) is 1. The molecule has 0 bridgehead atoms. The Bertz CT molecular complexity index is 845. The van der Waals surface area contributed by atoms with E-state index in [-0.39, 0.29) is 0 Å². The van der Waals surface area contributed by atoms with E-state index in [2.05, 4.69) is 10.2 Å². The predicted molar refractivity (Wildman–Crippen MR) is 117 cm³/mol. The van der Waals surface area contributed by atoms with Gasteiger partial charge in [-0.1, -0.05) is 30.7 Å². The Kier molecular flexibility index (Phi) is 7.85. The van der Waals surface area contributed by atoms with Gasteiger partial charge in [-0.15, -0.1) is 0 Å². The van der Waals surface area contributed by atoms with E-state index in [9.17, 15) is 9.59 Å². The number of ether oxygens (including phenoxy) is 2. The van der Waals surface area contributed by atoms with Crippen LogP contribution in [0.25, 0.3) is 0 Å². The van der Waals surface area contributed by atoms with Gasteiger partial charge in [-0.3, -0.25) is 9.69 Å². The minimum Gasteiger partial charge on any atom is -0.492 e. The first-order valence-electron chi connectivity index (χ1n) is 10.6. The first-order chi connectivity index (χ1) is 14.6. The summed E-state index contributed by atoms with van der Waals surface area (Å²) in [4.78, 5) is 27.3. The minimum atomic E-state index is -0.930. The number of para-hydroxylation sites is 2. The molecule has 0 saturated carbocycles. The topological polar surface area (TPSA) is 67.9 Å². The monoisotopic (exact) mass is 410 g/mol. The van der Waals surface area contributed by atoms with E-state index in [1.807, 2.05) is 25.1 Å². The Morgan fingerprint density at radius 2 is 1.73 bits per heavy atom. The van der Waals surface area contributed by atoms with E-state index >= 15 is 0 Å². The van der Waals surface area contributed by atoms with Crippen molar-refractivity contribution in [3.05, 3.63) is 59.7 Å². The van der Waals surface area contributed by atoms with Crippen molar-refractivity contribution in [3.63, 3.8) is 0 Å². The maximum atomic E-state index is 12.5. The summed E-state index contributed by atoms with van der Waals surface area (Å²) in [7, 11) is 0. The van der Waals surface area contributed by atoms with Crippen LogP contribution in [0.5, 0.6) is 5.75 Å². The summed E-state index contributed by atoms with van der Waals surface area (Å²) < 4.78 is 10.9. The van der Waals surface area contributed by atoms with Gasteiger partial charge in [0, 0.05) is 6.54 Å². The van der Waals surface area contributed by atoms with Crippen LogP contribution in [0, 0.1) is 0 Å². The molecule has 1 aliphatic rings. The van der Waals surface area contributed by atoms with E-state index in [0.717, 1.165) is 19.6 Å². The smallest absolute Gasteiger partial charge is 0.338 e. The predicted octanol–water partition coefficient (Wildman–Crippen LogP) is 4.26. The summed E-state index contributed by atoms with van der Waals surface area (Å²) in [6.07, 6.45) is 2.88. The number of carbonyl (C=O) groups is 2. The average Bonchev–Trinajstić information content (AvgIpc) is 2.76. The number of rotatable bonds is 8. The molecule has 6 heteroatoms. The number of amides is 1. The second-order valence-electron chi connectivity index (χ2n) is 7.50. The van der Waals surface area contributed by atoms with E-state index in [1.165, 1.54) is 24.8 Å². The SMILES string of the molecule is CCOc1ccccc1NC(=O)[C@H](C)OC(=O)c1ccc(CN2CCCCC2)cc1. The van der Waals surface area contributed by atoms with E-state index in [1.54, 1.807) is 37.3 Å². The molecule has 0 radical (unpaired) electrons. The highest BCUT2D eigenvalue weighted by Gasteiger charge is 2.20. The number of hydrogen-bond donors (Lipinski definition) is 1. The molecule has 1 aliphatic heterocycles. The Morgan fingerprint density at radius 1 is 1.03 bits per heavy atom. The van der Waals surface area contributed by atoms with Crippen LogP contribution in [0.1, 0.15) is 49.0 Å². The lowest BCUT2D eigenvalue weighted by atomic mass is 10.1. The lowest BCUT2D eigenvalue weighted by Gasteiger charge is -2.26. The molecule has 1 saturated heterocycles. The van der Waals surface area contributed by atoms with Gasteiger partial charge in [-0.25, -0.2) is 4.79 Å². The Hall–Kier alpha value is -2.86. The van der Waals surface area contributed by atoms with E-state index < -0.39 is 18.0 Å². The largest absolute Gasteiger partial charge is 0.492 e. The lowest BCUT2D eigenvalue weighted by molar-refractivity contribution is -0.123. The van der Waals surface area contributed by atoms with E-state index in [0.29, 0.717) is 23.6 Å². The fraction of sp³-hybridized carbons (Fsp3) is 0.417. The van der Waals surface area contributed by atoms with Crippen molar-refractivity contribution < 1.29 is 19.1 Å². The number of carbonyl (C=O) groups excluding carboxylic acids is 2. The van der Waals surface area contributed by atoms with Crippen molar-refractivity contribution >= 4 is 17.6 Å². The van der Waals surface area contributed by atoms with Gasteiger partial charge in [-0.2, -0.15) is 0 Å². The molecule has 0 aromatic heterocycles. The van der Waals surface area contributed by atoms with Gasteiger partial charge in [-0.05, 0) is 69.6 Å². The molecule has 0 aliphatic carbocycles. The van der Waals surface area contributed by atoms with Crippen molar-refractivity contribution in [2.75, 3.05) is 25.0 Å². The molecule has 6 nitrogen and oxygen atoms in total. The summed E-state index contributed by atoms with van der Waals surface area (Å²) in [5, 5.41) is 2.76. The summed E-state index contributed by atoms with van der Waals surface area (Å²) >= 11 is 0. The van der Waals surface area contributed by atoms with Crippen LogP contribution in [0.3, 0.4) is 0 Å². The second kappa shape index (κ2) is 10.8. The zero-order chi connectivity index (χ0) is 21.3. The van der Waals surface area contributed by atoms with Gasteiger partial charge >= 0.3 is 5.97 Å². The first-order valence-corrected chi connectivity index (χ1v) is 10.6. The molecule has 0 spiro atoms. The molecule has 0 unspecified atom stereocenters. The molecule has 160 valence electrons. The minimum absolute atomic E-state index is 0.405. The van der Waals surface area contributed by atoms with Crippen LogP contribution >= 0.6 is 0 Å². The van der Waals surface area contributed by atoms with Crippen molar-refractivity contribution in [2.45, 2.75) is 45.8 Å². The van der Waals surface area contributed by atoms with Crippen molar-refractivity contribution in [1.29, 1.82) is 0 Å². The van der Waals surface area contributed by atoms with Crippen LogP contribution in [0.2, 0.25) is 0 Å². The molecule has 3 rings (SSSR count). The number of nitrogens with zero attached hydrogens (tertiary/aromatic N) is 1. The highest BCUT2D eigenvalue weighted by atomic mass is 16.5. The fourth-order valence-electron chi connectivity index (χ4n) is 3.49. The quantitative estimate of drug-likeness (QED) is 0.659. The molecule has 1 amide bonds. The number of esters is 1. The highest BCUT2D eigenvalue weighted by Crippen LogP contribution is 2.24. The van der Waals surface area contributed by atoms with Crippen LogP contribution in [0.4, 0.5) is 5.69 Å². The second-order valence-corrected chi connectivity index (χ2v) is 7.50. The number of benzene rings is 2. The summed E-state index contributed by atoms with van der Waals surface area (Å²) in [5.74, 6) is -0.339. The maximum Gasteiger partial charge on any atom is 0.338 e. The molecular formula is C24H30N2O4. The molecule has 1 fully saturated rings. The van der Waals surface area contributed by atoms with Gasteiger partial charge in [0.25, 0.3) is 5.91 Å². The van der Waals surface area contributed by atoms with Crippen molar-refractivity contribution in [2.24, 2.45) is 0 Å². The van der Waals surface area contributed by atoms with E-state index in [4.69, 9.17) is 9.47 Å². The summed E-state index contributed by atoms with van der Waals surface area (Å²) in [5.41, 5.74) is 2.16. The van der Waals surface area contributed by atoms with Gasteiger partial charge in [0.2, 0.25) is 0 Å². The molecule has 2 aromatic carbocycles. The fourth-order valence-corrected chi connectivity index (χ4v) is 3.49. The molecule has 30 heavy (non-hydrogen) atoms. The number of hydrogen-bond acceptors (Lipinski definition) is 5. The third kappa shape index (κ3) is 6.07. The number of anilines is 1. The Balaban J connectivity index is 1.54. The van der Waals surface area contributed by atoms with Crippen molar-refractivity contribution in [3.8, 4) is 5.75 Å². The molecular weight excluding hydrogens is 380 g/mol. The molecule has 2 aromatic rings. The number of likely N-dealkylation sites (tertiary alicyclic amines) is 1. The van der Waals surface area contributed by atoms with Gasteiger partial charge in [0.05, 0.1) is 17.9 Å². The standard InChI is InChI=1S/C24H30N2O4/c1-3-29-22-10-6-5-9-21(22)25-23(27)18(2)30-24(28)20-13-11-19(12-14-20)17-26-15-7-4-8-16-26/h5-6,9-14,18H,3-4,7-8,15-17H2,1-2H3,(H,25,27)/t18-/m0/s1. The average molecular weight is 411 g/mol. The molecule has 1 atom stereocenters. The summed E-state index contributed by atoms with van der Waals surface area (Å²) in [6, 6.07) is 14.6. The third-order valence-corrected chi connectivity index (χ3v) is 5.14. The van der Waals surface area contributed by atoms with Gasteiger partial charge in [0.1, 0.15) is 5.75 Å². The van der Waals surface area contributed by atoms with Crippen LogP contribution in [-0.2, 0) is 16.1 Å². The molecule has 1 N–H and O–H groups in total. The zero-order valence-electron chi connectivity index (χ0n) is 17.7. The first kappa shape index (κ1) is 21.8. The van der Waals surface area contributed by atoms with Gasteiger partial charge < -0.3 is 14.8 Å². The van der Waals surface area contributed by atoms with Crippen LogP contribution in [-0.4, -0.2) is 42.6 Å². The Morgan fingerprint density at radius 3 is 2.43 bits per heavy atom. The molecule has 1 heterocycles.